The van der Waals surface area contributed by atoms with Crippen molar-refractivity contribution in [1.29, 1.82) is 0 Å². The molecule has 1 aromatic carbocycles. The molecule has 1 unspecified atom stereocenters. The van der Waals surface area contributed by atoms with Crippen LogP contribution < -0.4 is 10.1 Å². The van der Waals surface area contributed by atoms with Gasteiger partial charge in [-0.2, -0.15) is 10.2 Å². The van der Waals surface area contributed by atoms with Crippen molar-refractivity contribution in [2.24, 2.45) is 0 Å². The Morgan fingerprint density at radius 2 is 2.25 bits per heavy atom. The van der Waals surface area contributed by atoms with Gasteiger partial charge in [-0.3, -0.25) is 0 Å². The highest BCUT2D eigenvalue weighted by atomic mass is 16.5. The highest BCUT2D eigenvalue weighted by Crippen LogP contribution is 2.27. The van der Waals surface area contributed by atoms with Gasteiger partial charge in [-0.15, -0.1) is 0 Å². The van der Waals surface area contributed by atoms with Gasteiger partial charge >= 0.3 is 0 Å². The van der Waals surface area contributed by atoms with E-state index in [9.17, 15) is 0 Å². The molecule has 0 fully saturated rings. The second-order valence-electron chi connectivity index (χ2n) is 5.10. The van der Waals surface area contributed by atoms with Gasteiger partial charge in [-0.05, 0) is 48.7 Å². The fraction of sp³-hybridized carbons (Fsp3) is 0.375. The Balaban J connectivity index is 1.66. The largest absolute Gasteiger partial charge is 0.493 e. The van der Waals surface area contributed by atoms with Crippen LogP contribution in [0.1, 0.15) is 29.2 Å². The van der Waals surface area contributed by atoms with Crippen LogP contribution in [0.25, 0.3) is 0 Å². The van der Waals surface area contributed by atoms with Gasteiger partial charge in [0.2, 0.25) is 0 Å². The first-order valence-electron chi connectivity index (χ1n) is 7.05. The highest BCUT2D eigenvalue weighted by Gasteiger charge is 2.13. The van der Waals surface area contributed by atoms with E-state index in [-0.39, 0.29) is 0 Å². The number of aryl methyl sites for hydroxylation is 1. The molecule has 104 valence electrons. The van der Waals surface area contributed by atoms with Gasteiger partial charge in [-0.25, -0.2) is 0 Å². The summed E-state index contributed by atoms with van der Waals surface area (Å²) in [5.41, 5.74) is 3.90. The molecule has 0 bridgehead atoms. The SMILES string of the molecule is CNC(CCc1ccc2c(c1)CCO2)c1ccnnc1. The Labute approximate surface area is 119 Å². The predicted molar refractivity (Wildman–Crippen MR) is 77.8 cm³/mol. The normalized spacial score (nSPS) is 14.7. The van der Waals surface area contributed by atoms with Crippen LogP contribution in [0.2, 0.25) is 0 Å². The number of ether oxygens (including phenoxy) is 1. The van der Waals surface area contributed by atoms with E-state index >= 15 is 0 Å². The van der Waals surface area contributed by atoms with Crippen LogP contribution in [0.3, 0.4) is 0 Å². The zero-order valence-electron chi connectivity index (χ0n) is 11.7. The second-order valence-corrected chi connectivity index (χ2v) is 5.10. The summed E-state index contributed by atoms with van der Waals surface area (Å²) < 4.78 is 5.54. The molecule has 4 nitrogen and oxygen atoms in total. The number of nitrogens with one attached hydrogen (secondary N) is 1. The molecule has 1 atom stereocenters. The first-order valence-corrected chi connectivity index (χ1v) is 7.05. The molecule has 1 aliphatic heterocycles. The molecule has 0 spiro atoms. The Kier molecular flexibility index (Phi) is 3.92. The third kappa shape index (κ3) is 2.80. The van der Waals surface area contributed by atoms with Crippen molar-refractivity contribution in [2.45, 2.75) is 25.3 Å². The number of hydrogen-bond donors (Lipinski definition) is 1. The Bertz CT molecular complexity index is 571. The maximum atomic E-state index is 5.54. The van der Waals surface area contributed by atoms with E-state index in [0.29, 0.717) is 6.04 Å². The minimum Gasteiger partial charge on any atom is -0.493 e. The molecule has 0 saturated heterocycles. The molecule has 1 aromatic heterocycles. The van der Waals surface area contributed by atoms with Gasteiger partial charge in [0.05, 0.1) is 12.8 Å². The van der Waals surface area contributed by atoms with Crippen molar-refractivity contribution in [3.05, 3.63) is 53.3 Å². The van der Waals surface area contributed by atoms with E-state index in [2.05, 4.69) is 33.7 Å². The molecule has 0 aliphatic carbocycles. The first kappa shape index (κ1) is 13.1. The van der Waals surface area contributed by atoms with Gasteiger partial charge in [0.25, 0.3) is 0 Å². The minimum absolute atomic E-state index is 0.315. The smallest absolute Gasteiger partial charge is 0.122 e. The van der Waals surface area contributed by atoms with Crippen LogP contribution in [0.4, 0.5) is 0 Å². The van der Waals surface area contributed by atoms with Gasteiger partial charge < -0.3 is 10.1 Å². The molecule has 2 heterocycles. The third-order valence-corrected chi connectivity index (χ3v) is 3.83. The fourth-order valence-electron chi connectivity index (χ4n) is 2.69. The van der Waals surface area contributed by atoms with E-state index in [4.69, 9.17) is 4.74 Å². The minimum atomic E-state index is 0.315. The summed E-state index contributed by atoms with van der Waals surface area (Å²) in [6, 6.07) is 8.88. The molecule has 2 aromatic rings. The fourth-order valence-corrected chi connectivity index (χ4v) is 2.69. The summed E-state index contributed by atoms with van der Waals surface area (Å²) in [5, 5.41) is 11.1. The first-order chi connectivity index (χ1) is 9.86. The van der Waals surface area contributed by atoms with Crippen molar-refractivity contribution in [3.63, 3.8) is 0 Å². The topological polar surface area (TPSA) is 47.0 Å². The van der Waals surface area contributed by atoms with Gasteiger partial charge in [0, 0.05) is 18.7 Å². The van der Waals surface area contributed by atoms with E-state index in [1.54, 1.807) is 6.20 Å². The molecule has 1 N–H and O–H groups in total. The van der Waals surface area contributed by atoms with Crippen LogP contribution in [0.15, 0.2) is 36.7 Å². The van der Waals surface area contributed by atoms with E-state index in [0.717, 1.165) is 31.6 Å². The average molecular weight is 269 g/mol. The quantitative estimate of drug-likeness (QED) is 0.905. The zero-order valence-corrected chi connectivity index (χ0v) is 11.7. The van der Waals surface area contributed by atoms with Gasteiger partial charge in [0.1, 0.15) is 5.75 Å². The van der Waals surface area contributed by atoms with Crippen LogP contribution >= 0.6 is 0 Å². The summed E-state index contributed by atoms with van der Waals surface area (Å²) in [5.74, 6) is 1.05. The molecule has 0 saturated carbocycles. The van der Waals surface area contributed by atoms with Gasteiger partial charge in [0.15, 0.2) is 0 Å². The molecule has 0 radical (unpaired) electrons. The van der Waals surface area contributed by atoms with E-state index in [1.165, 1.54) is 16.7 Å². The molecule has 0 amide bonds. The average Bonchev–Trinajstić information content (AvgIpc) is 2.96. The maximum Gasteiger partial charge on any atom is 0.122 e. The Morgan fingerprint density at radius 3 is 3.05 bits per heavy atom. The highest BCUT2D eigenvalue weighted by molar-refractivity contribution is 5.39. The molecular formula is C16H19N3O. The lowest BCUT2D eigenvalue weighted by atomic mass is 9.99. The lowest BCUT2D eigenvalue weighted by Gasteiger charge is -2.16. The summed E-state index contributed by atoms with van der Waals surface area (Å²) in [4.78, 5) is 0. The van der Waals surface area contributed by atoms with Gasteiger partial charge in [-0.1, -0.05) is 12.1 Å². The number of rotatable bonds is 5. The Hall–Kier alpha value is -1.94. The zero-order chi connectivity index (χ0) is 13.8. The van der Waals surface area contributed by atoms with Crippen molar-refractivity contribution in [1.82, 2.24) is 15.5 Å². The standard InChI is InChI=1S/C16H19N3O/c1-17-15(14-6-8-18-19-11-14)4-2-12-3-5-16-13(10-12)7-9-20-16/h3,5-6,8,10-11,15,17H,2,4,7,9H2,1H3. The van der Waals surface area contributed by atoms with Crippen LogP contribution in [-0.4, -0.2) is 23.9 Å². The number of fused-ring (bicyclic) bond motifs is 1. The maximum absolute atomic E-state index is 5.54. The van der Waals surface area contributed by atoms with Crippen molar-refractivity contribution < 1.29 is 4.74 Å². The summed E-state index contributed by atoms with van der Waals surface area (Å²) in [7, 11) is 1.99. The summed E-state index contributed by atoms with van der Waals surface area (Å²) in [6.45, 7) is 0.820. The van der Waals surface area contributed by atoms with Crippen molar-refractivity contribution in [2.75, 3.05) is 13.7 Å². The molecule has 1 aliphatic rings. The van der Waals surface area contributed by atoms with Crippen LogP contribution in [-0.2, 0) is 12.8 Å². The monoisotopic (exact) mass is 269 g/mol. The molecular weight excluding hydrogens is 250 g/mol. The number of benzene rings is 1. The van der Waals surface area contributed by atoms with Crippen molar-refractivity contribution >= 4 is 0 Å². The predicted octanol–water partition coefficient (Wildman–Crippen LogP) is 2.30. The lowest BCUT2D eigenvalue weighted by molar-refractivity contribution is 0.357. The van der Waals surface area contributed by atoms with Crippen molar-refractivity contribution in [3.8, 4) is 5.75 Å². The molecule has 4 heteroatoms. The second kappa shape index (κ2) is 6.01. The van der Waals surface area contributed by atoms with E-state index < -0.39 is 0 Å². The lowest BCUT2D eigenvalue weighted by Crippen LogP contribution is -2.17. The third-order valence-electron chi connectivity index (χ3n) is 3.83. The van der Waals surface area contributed by atoms with Crippen LogP contribution in [0, 0.1) is 0 Å². The number of nitrogens with zero attached hydrogens (tertiary/aromatic N) is 2. The Morgan fingerprint density at radius 1 is 1.30 bits per heavy atom. The summed E-state index contributed by atoms with van der Waals surface area (Å²) >= 11 is 0. The number of aromatic nitrogens is 2. The van der Waals surface area contributed by atoms with E-state index in [1.807, 2.05) is 19.3 Å². The summed E-state index contributed by atoms with van der Waals surface area (Å²) in [6.07, 6.45) is 6.69. The molecule has 3 rings (SSSR count). The molecule has 20 heavy (non-hydrogen) atoms. The van der Waals surface area contributed by atoms with Crippen LogP contribution in [0.5, 0.6) is 5.75 Å². The number of hydrogen-bond acceptors (Lipinski definition) is 4.